The molecule has 7 nitrogen and oxygen atoms in total. The Morgan fingerprint density at radius 1 is 0.806 bits per heavy atom. The number of phosphoric acid groups is 1. The molecule has 2 atom stereocenters. The molecule has 1 N–H and O–H groups in total. The quantitative estimate of drug-likeness (QED) is 0.0689. The van der Waals surface area contributed by atoms with Crippen molar-refractivity contribution >= 4 is 7.82 Å². The highest BCUT2D eigenvalue weighted by molar-refractivity contribution is 7.47. The van der Waals surface area contributed by atoms with Crippen molar-refractivity contribution < 1.29 is 27.7 Å². The fourth-order valence-corrected chi connectivity index (χ4v) is 5.20. The molecule has 0 aliphatic heterocycles. The first-order valence-corrected chi connectivity index (χ1v) is 16.2. The van der Waals surface area contributed by atoms with Gasteiger partial charge in [0.2, 0.25) is 0 Å². The molecule has 0 radical (unpaired) electrons. The SMILES string of the molecule is CCCCCCCCCCCCCCCCCCN(C)CC(COC)OP(=O)(O)OCC[N+](C)(C)C. The molecule has 36 heavy (non-hydrogen) atoms. The predicted molar refractivity (Wildman–Crippen MR) is 152 cm³/mol. The fourth-order valence-electron chi connectivity index (χ4n) is 4.32. The molecule has 0 aliphatic rings. The highest BCUT2D eigenvalue weighted by atomic mass is 31.2. The number of phosphoric ester groups is 1. The highest BCUT2D eigenvalue weighted by Gasteiger charge is 2.28. The summed E-state index contributed by atoms with van der Waals surface area (Å²) in [6.07, 6.45) is 21.3. The van der Waals surface area contributed by atoms with Gasteiger partial charge in [0.25, 0.3) is 0 Å². The summed E-state index contributed by atoms with van der Waals surface area (Å²) in [6.45, 7) is 4.82. The standard InChI is InChI=1S/C28H61N2O5P/c1-7-8-9-10-11-12-13-14-15-16-17-18-19-20-21-22-23-29(2)26-28(27-33-6)35-36(31,32)34-25-24-30(3,4)5/h28H,7-27H2,1-6H3/p+1. The molecule has 0 heterocycles. The summed E-state index contributed by atoms with van der Waals surface area (Å²) in [5.74, 6) is 0. The number of hydrogen-bond acceptors (Lipinski definition) is 5. The topological polar surface area (TPSA) is 68.2 Å². The maximum Gasteiger partial charge on any atom is 0.472 e. The van der Waals surface area contributed by atoms with Gasteiger partial charge in [-0.25, -0.2) is 4.57 Å². The second-order valence-electron chi connectivity index (χ2n) is 11.6. The molecular formula is C28H62N2O5P+. The van der Waals surface area contributed by atoms with Crippen LogP contribution < -0.4 is 0 Å². The van der Waals surface area contributed by atoms with E-state index in [1.54, 1.807) is 7.11 Å². The average molecular weight is 538 g/mol. The van der Waals surface area contributed by atoms with Crippen LogP contribution in [0.2, 0.25) is 0 Å². The Morgan fingerprint density at radius 2 is 1.25 bits per heavy atom. The van der Waals surface area contributed by atoms with Gasteiger partial charge >= 0.3 is 7.82 Å². The number of nitrogens with zero attached hydrogens (tertiary/aromatic N) is 2. The van der Waals surface area contributed by atoms with E-state index in [9.17, 15) is 9.46 Å². The van der Waals surface area contributed by atoms with Gasteiger partial charge in [0.15, 0.2) is 0 Å². The van der Waals surface area contributed by atoms with E-state index in [0.717, 1.165) is 13.0 Å². The Morgan fingerprint density at radius 3 is 1.67 bits per heavy atom. The second-order valence-corrected chi connectivity index (χ2v) is 13.0. The van der Waals surface area contributed by atoms with Crippen LogP contribution >= 0.6 is 7.82 Å². The van der Waals surface area contributed by atoms with Crippen LogP contribution in [0.5, 0.6) is 0 Å². The van der Waals surface area contributed by atoms with Crippen LogP contribution in [0.3, 0.4) is 0 Å². The molecule has 0 bridgehead atoms. The molecule has 218 valence electrons. The van der Waals surface area contributed by atoms with Gasteiger partial charge in [0, 0.05) is 13.7 Å². The highest BCUT2D eigenvalue weighted by Crippen LogP contribution is 2.44. The first-order chi connectivity index (χ1) is 17.1. The zero-order valence-electron chi connectivity index (χ0n) is 24.8. The first kappa shape index (κ1) is 36.0. The number of quaternary nitrogens is 1. The van der Waals surface area contributed by atoms with Gasteiger partial charge in [0.05, 0.1) is 27.7 Å². The monoisotopic (exact) mass is 537 g/mol. The summed E-state index contributed by atoms with van der Waals surface area (Å²) >= 11 is 0. The lowest BCUT2D eigenvalue weighted by Crippen LogP contribution is -2.37. The molecule has 0 aromatic rings. The third kappa shape index (κ3) is 25.6. The molecule has 0 spiro atoms. The zero-order valence-corrected chi connectivity index (χ0v) is 25.7. The lowest BCUT2D eigenvalue weighted by molar-refractivity contribution is -0.870. The van der Waals surface area contributed by atoms with Crippen LogP contribution in [-0.4, -0.2) is 88.5 Å². The van der Waals surface area contributed by atoms with Gasteiger partial charge in [-0.2, -0.15) is 0 Å². The molecular weight excluding hydrogens is 475 g/mol. The molecule has 0 saturated heterocycles. The van der Waals surface area contributed by atoms with Gasteiger partial charge in [0.1, 0.15) is 19.3 Å². The normalized spacial score (nSPS) is 14.9. The summed E-state index contributed by atoms with van der Waals surface area (Å²) in [6, 6.07) is 0. The Labute approximate surface area is 224 Å². The van der Waals surface area contributed by atoms with Crippen LogP contribution in [0.4, 0.5) is 0 Å². The van der Waals surface area contributed by atoms with Gasteiger partial charge in [-0.1, -0.05) is 103 Å². The van der Waals surface area contributed by atoms with Crippen molar-refractivity contribution in [2.75, 3.05) is 68.1 Å². The maximum atomic E-state index is 12.3. The number of unbranched alkanes of at least 4 members (excludes halogenated alkanes) is 15. The van der Waals surface area contributed by atoms with E-state index in [1.165, 1.54) is 96.3 Å². The van der Waals surface area contributed by atoms with E-state index < -0.39 is 13.9 Å². The molecule has 0 saturated carbocycles. The molecule has 0 aliphatic carbocycles. The van der Waals surface area contributed by atoms with Gasteiger partial charge in [-0.15, -0.1) is 0 Å². The maximum absolute atomic E-state index is 12.3. The second kappa shape index (κ2) is 22.9. The smallest absolute Gasteiger partial charge is 0.382 e. The van der Waals surface area contributed by atoms with E-state index >= 15 is 0 Å². The predicted octanol–water partition coefficient (Wildman–Crippen LogP) is 7.03. The van der Waals surface area contributed by atoms with Crippen molar-refractivity contribution in [1.29, 1.82) is 0 Å². The molecule has 8 heteroatoms. The average Bonchev–Trinajstić information content (AvgIpc) is 2.77. The van der Waals surface area contributed by atoms with Gasteiger partial charge in [-0.3, -0.25) is 9.05 Å². The van der Waals surface area contributed by atoms with Gasteiger partial charge in [-0.05, 0) is 20.0 Å². The zero-order chi connectivity index (χ0) is 27.1. The third-order valence-electron chi connectivity index (χ3n) is 6.56. The van der Waals surface area contributed by atoms with Crippen molar-refractivity contribution in [3.8, 4) is 0 Å². The van der Waals surface area contributed by atoms with E-state index in [4.69, 9.17) is 13.8 Å². The largest absolute Gasteiger partial charge is 0.472 e. The number of methoxy groups -OCH3 is 1. The summed E-state index contributed by atoms with van der Waals surface area (Å²) in [5, 5.41) is 0. The van der Waals surface area contributed by atoms with E-state index in [1.807, 2.05) is 28.2 Å². The minimum absolute atomic E-state index is 0.173. The van der Waals surface area contributed by atoms with Crippen LogP contribution in [0, 0.1) is 0 Å². The van der Waals surface area contributed by atoms with E-state index in [-0.39, 0.29) is 13.2 Å². The lowest BCUT2D eigenvalue weighted by Gasteiger charge is -2.26. The van der Waals surface area contributed by atoms with Crippen molar-refractivity contribution in [2.45, 2.75) is 116 Å². The summed E-state index contributed by atoms with van der Waals surface area (Å²) in [5.41, 5.74) is 0. The lowest BCUT2D eigenvalue weighted by atomic mass is 10.0. The molecule has 0 aromatic carbocycles. The van der Waals surface area contributed by atoms with Crippen molar-refractivity contribution in [3.63, 3.8) is 0 Å². The van der Waals surface area contributed by atoms with Crippen LogP contribution in [0.25, 0.3) is 0 Å². The summed E-state index contributed by atoms with van der Waals surface area (Å²) in [7, 11) is 5.52. The number of likely N-dealkylation sites (N-methyl/N-ethyl adjacent to an activating group) is 2. The number of rotatable bonds is 27. The van der Waals surface area contributed by atoms with Crippen LogP contribution in [-0.2, 0) is 18.3 Å². The molecule has 0 aromatic heterocycles. The summed E-state index contributed by atoms with van der Waals surface area (Å²) < 4.78 is 28.7. The first-order valence-electron chi connectivity index (χ1n) is 14.7. The number of ether oxygens (including phenoxy) is 1. The van der Waals surface area contributed by atoms with Crippen molar-refractivity contribution in [3.05, 3.63) is 0 Å². The molecule has 2 unspecified atom stereocenters. The number of hydrogen-bond donors (Lipinski definition) is 1. The Bertz CT molecular complexity index is 531. The van der Waals surface area contributed by atoms with Crippen molar-refractivity contribution in [1.82, 2.24) is 4.90 Å². The van der Waals surface area contributed by atoms with Crippen LogP contribution in [0.15, 0.2) is 0 Å². The van der Waals surface area contributed by atoms with Crippen molar-refractivity contribution in [2.24, 2.45) is 0 Å². The summed E-state index contributed by atoms with van der Waals surface area (Å²) in [4.78, 5) is 12.2. The molecule has 0 amide bonds. The van der Waals surface area contributed by atoms with Gasteiger partial charge < -0.3 is 19.0 Å². The van der Waals surface area contributed by atoms with E-state index in [2.05, 4.69) is 11.8 Å². The Balaban J connectivity index is 3.76. The Hall–Kier alpha value is -0.0100. The molecule has 0 fully saturated rings. The van der Waals surface area contributed by atoms with E-state index in [0.29, 0.717) is 17.6 Å². The van der Waals surface area contributed by atoms with Crippen LogP contribution in [0.1, 0.15) is 110 Å². The minimum atomic E-state index is -4.10. The fraction of sp³-hybridized carbons (Fsp3) is 1.00. The minimum Gasteiger partial charge on any atom is -0.382 e. The third-order valence-corrected chi connectivity index (χ3v) is 7.63. The Kier molecular flexibility index (Phi) is 22.9. The molecule has 0 rings (SSSR count).